The molecule has 142 valence electrons. The molecule has 1 saturated carbocycles. The Morgan fingerprint density at radius 3 is 2.44 bits per heavy atom. The number of hydrogen-bond donors (Lipinski definition) is 2. The maximum absolute atomic E-state index is 12.2. The first-order valence-corrected chi connectivity index (χ1v) is 7.80. The van der Waals surface area contributed by atoms with E-state index in [4.69, 9.17) is 15.2 Å². The number of para-hydroxylation sites is 2. The minimum Gasteiger partial charge on any atom is -0.480 e. The minimum absolute atomic E-state index is 0. The maximum Gasteiger partial charge on any atom is 0.422 e. The minimum atomic E-state index is -4.44. The molecule has 1 aromatic carbocycles. The van der Waals surface area contributed by atoms with Crippen LogP contribution in [0.1, 0.15) is 19.3 Å². The molecular weight excluding hydrogens is 361 g/mol. The summed E-state index contributed by atoms with van der Waals surface area (Å²) in [5.74, 6) is -0.0237. The van der Waals surface area contributed by atoms with Crippen LogP contribution in [0.5, 0.6) is 11.5 Å². The fourth-order valence-corrected chi connectivity index (χ4v) is 2.75. The van der Waals surface area contributed by atoms with Crippen molar-refractivity contribution in [3.8, 4) is 11.5 Å². The highest BCUT2D eigenvalue weighted by Crippen LogP contribution is 2.28. The van der Waals surface area contributed by atoms with Crippen molar-refractivity contribution in [1.82, 2.24) is 5.32 Å². The lowest BCUT2D eigenvalue weighted by molar-refractivity contribution is -0.153. The number of hydrogen-bond acceptors (Lipinski definition) is 4. The van der Waals surface area contributed by atoms with E-state index in [0.29, 0.717) is 6.54 Å². The SMILES string of the molecule is Cl.NCC1CCCC1NC(=O)COc1ccccc1OCC(F)(F)F. The number of rotatable bonds is 7. The number of carbonyl (C=O) groups excluding carboxylic acids is 1. The van der Waals surface area contributed by atoms with E-state index in [1.54, 1.807) is 6.07 Å². The van der Waals surface area contributed by atoms with Crippen LogP contribution < -0.4 is 20.5 Å². The van der Waals surface area contributed by atoms with E-state index in [0.717, 1.165) is 19.3 Å². The molecule has 9 heteroatoms. The Kier molecular flexibility index (Phi) is 8.31. The number of amides is 1. The van der Waals surface area contributed by atoms with Gasteiger partial charge in [-0.05, 0) is 37.4 Å². The highest BCUT2D eigenvalue weighted by molar-refractivity contribution is 5.85. The smallest absolute Gasteiger partial charge is 0.422 e. The van der Waals surface area contributed by atoms with Crippen LogP contribution in [0.25, 0.3) is 0 Å². The fourth-order valence-electron chi connectivity index (χ4n) is 2.75. The van der Waals surface area contributed by atoms with Gasteiger partial charge >= 0.3 is 6.18 Å². The van der Waals surface area contributed by atoms with Crippen LogP contribution in [0.4, 0.5) is 13.2 Å². The Morgan fingerprint density at radius 1 is 1.20 bits per heavy atom. The van der Waals surface area contributed by atoms with Gasteiger partial charge in [-0.15, -0.1) is 12.4 Å². The van der Waals surface area contributed by atoms with Crippen molar-refractivity contribution in [2.24, 2.45) is 11.7 Å². The summed E-state index contributed by atoms with van der Waals surface area (Å²) in [5, 5.41) is 2.86. The second-order valence-electron chi connectivity index (χ2n) is 5.74. The Hall–Kier alpha value is -1.67. The van der Waals surface area contributed by atoms with Gasteiger partial charge in [0.25, 0.3) is 5.91 Å². The first-order chi connectivity index (χ1) is 11.4. The topological polar surface area (TPSA) is 73.6 Å². The summed E-state index contributed by atoms with van der Waals surface area (Å²) in [4.78, 5) is 12.0. The molecule has 1 aliphatic carbocycles. The second-order valence-corrected chi connectivity index (χ2v) is 5.74. The van der Waals surface area contributed by atoms with E-state index in [1.807, 2.05) is 0 Å². The molecule has 0 saturated heterocycles. The Morgan fingerprint density at radius 2 is 1.84 bits per heavy atom. The van der Waals surface area contributed by atoms with Crippen LogP contribution >= 0.6 is 12.4 Å². The third-order valence-electron chi connectivity index (χ3n) is 3.91. The predicted octanol–water partition coefficient (Wildman–Crippen LogP) is 2.67. The first-order valence-electron chi connectivity index (χ1n) is 7.80. The van der Waals surface area contributed by atoms with Crippen LogP contribution in [0, 0.1) is 5.92 Å². The first kappa shape index (κ1) is 21.4. The molecule has 0 spiro atoms. The zero-order chi connectivity index (χ0) is 17.6. The predicted molar refractivity (Wildman–Crippen MR) is 89.1 cm³/mol. The Balaban J connectivity index is 0.00000312. The van der Waals surface area contributed by atoms with Crippen molar-refractivity contribution in [2.75, 3.05) is 19.8 Å². The van der Waals surface area contributed by atoms with E-state index >= 15 is 0 Å². The lowest BCUT2D eigenvalue weighted by Crippen LogP contribution is -2.42. The lowest BCUT2D eigenvalue weighted by atomic mass is 10.0. The zero-order valence-corrected chi connectivity index (χ0v) is 14.4. The molecule has 1 aromatic rings. The molecule has 2 rings (SSSR count). The van der Waals surface area contributed by atoms with Gasteiger partial charge in [-0.3, -0.25) is 4.79 Å². The molecule has 5 nitrogen and oxygen atoms in total. The van der Waals surface area contributed by atoms with Crippen molar-refractivity contribution in [3.05, 3.63) is 24.3 Å². The molecule has 1 amide bonds. The highest BCUT2D eigenvalue weighted by Gasteiger charge is 2.29. The molecule has 0 radical (unpaired) electrons. The largest absolute Gasteiger partial charge is 0.480 e. The number of benzene rings is 1. The number of carbonyl (C=O) groups is 1. The summed E-state index contributed by atoms with van der Waals surface area (Å²) in [7, 11) is 0. The molecule has 2 atom stereocenters. The molecule has 0 aliphatic heterocycles. The van der Waals surface area contributed by atoms with Gasteiger partial charge < -0.3 is 20.5 Å². The molecule has 1 fully saturated rings. The van der Waals surface area contributed by atoms with E-state index in [9.17, 15) is 18.0 Å². The number of nitrogens with two attached hydrogens (primary N) is 1. The van der Waals surface area contributed by atoms with E-state index < -0.39 is 12.8 Å². The second kappa shape index (κ2) is 9.72. The Bertz CT molecular complexity index is 558. The van der Waals surface area contributed by atoms with Gasteiger partial charge in [0, 0.05) is 6.04 Å². The molecule has 1 aliphatic rings. The third-order valence-corrected chi connectivity index (χ3v) is 3.91. The normalized spacial score (nSPS) is 19.8. The average Bonchev–Trinajstić information content (AvgIpc) is 2.98. The van der Waals surface area contributed by atoms with Crippen molar-refractivity contribution in [1.29, 1.82) is 0 Å². The van der Waals surface area contributed by atoms with Crippen LogP contribution in [0.2, 0.25) is 0 Å². The van der Waals surface area contributed by atoms with Crippen LogP contribution in [-0.4, -0.2) is 37.9 Å². The molecule has 0 heterocycles. The van der Waals surface area contributed by atoms with Gasteiger partial charge in [-0.1, -0.05) is 18.6 Å². The summed E-state index contributed by atoms with van der Waals surface area (Å²) in [5.41, 5.74) is 5.66. The van der Waals surface area contributed by atoms with Crippen molar-refractivity contribution < 1.29 is 27.4 Å². The summed E-state index contributed by atoms with van der Waals surface area (Å²) in [6.07, 6.45) is -1.57. The van der Waals surface area contributed by atoms with Crippen molar-refractivity contribution >= 4 is 18.3 Å². The monoisotopic (exact) mass is 382 g/mol. The van der Waals surface area contributed by atoms with Gasteiger partial charge in [0.2, 0.25) is 0 Å². The number of ether oxygens (including phenoxy) is 2. The van der Waals surface area contributed by atoms with E-state index in [-0.39, 0.29) is 48.4 Å². The molecule has 3 N–H and O–H groups in total. The van der Waals surface area contributed by atoms with Gasteiger partial charge in [0.05, 0.1) is 0 Å². The van der Waals surface area contributed by atoms with Gasteiger partial charge in [-0.25, -0.2) is 0 Å². The third kappa shape index (κ3) is 6.99. The average molecular weight is 383 g/mol. The number of halogens is 4. The molecule has 0 bridgehead atoms. The van der Waals surface area contributed by atoms with Gasteiger partial charge in [0.1, 0.15) is 0 Å². The quantitative estimate of drug-likeness (QED) is 0.760. The van der Waals surface area contributed by atoms with Crippen molar-refractivity contribution in [3.63, 3.8) is 0 Å². The summed E-state index contributed by atoms with van der Waals surface area (Å²) in [6.45, 7) is -1.19. The lowest BCUT2D eigenvalue weighted by Gasteiger charge is -2.20. The van der Waals surface area contributed by atoms with Crippen LogP contribution in [-0.2, 0) is 4.79 Å². The van der Waals surface area contributed by atoms with Gasteiger partial charge in [0.15, 0.2) is 24.7 Å². The number of nitrogens with one attached hydrogen (secondary N) is 1. The molecule has 25 heavy (non-hydrogen) atoms. The zero-order valence-electron chi connectivity index (χ0n) is 13.6. The van der Waals surface area contributed by atoms with Crippen LogP contribution in [0.15, 0.2) is 24.3 Å². The van der Waals surface area contributed by atoms with E-state index in [2.05, 4.69) is 5.32 Å². The molecular formula is C16H22ClF3N2O3. The maximum atomic E-state index is 12.2. The fraction of sp³-hybridized carbons (Fsp3) is 0.562. The highest BCUT2D eigenvalue weighted by atomic mass is 35.5. The summed E-state index contributed by atoms with van der Waals surface area (Å²) in [6, 6.07) is 5.97. The van der Waals surface area contributed by atoms with Crippen molar-refractivity contribution in [2.45, 2.75) is 31.5 Å². The standard InChI is InChI=1S/C16H21F3N2O3.ClH/c17-16(18,19)10-24-14-7-2-1-6-13(14)23-9-15(22)21-12-5-3-4-11(12)8-20;/h1-2,6-7,11-12H,3-5,8-10,20H2,(H,21,22);1H. The van der Waals surface area contributed by atoms with E-state index in [1.165, 1.54) is 18.2 Å². The van der Waals surface area contributed by atoms with Gasteiger partial charge in [-0.2, -0.15) is 13.2 Å². The molecule has 2 unspecified atom stereocenters. The molecule has 0 aromatic heterocycles. The Labute approximate surface area is 150 Å². The number of alkyl halides is 3. The summed E-state index contributed by atoms with van der Waals surface area (Å²) < 4.78 is 46.7. The van der Waals surface area contributed by atoms with Crippen LogP contribution in [0.3, 0.4) is 0 Å². The summed E-state index contributed by atoms with van der Waals surface area (Å²) >= 11 is 0.